The number of nitrogens with zero attached hydrogens (tertiary/aromatic N) is 2. The number of benzene rings is 1. The van der Waals surface area contributed by atoms with Gasteiger partial charge < -0.3 is 10.0 Å². The van der Waals surface area contributed by atoms with Crippen LogP contribution in [-0.2, 0) is 11.2 Å². The predicted octanol–water partition coefficient (Wildman–Crippen LogP) is 2.72. The van der Waals surface area contributed by atoms with Crippen molar-refractivity contribution < 1.29 is 9.90 Å². The van der Waals surface area contributed by atoms with Crippen LogP contribution in [0.25, 0.3) is 11.1 Å². The van der Waals surface area contributed by atoms with Gasteiger partial charge in [-0.25, -0.2) is 0 Å². The minimum absolute atomic E-state index is 0.0102. The Labute approximate surface area is 130 Å². The highest BCUT2D eigenvalue weighted by atomic mass is 16.3. The van der Waals surface area contributed by atoms with Gasteiger partial charge in [-0.15, -0.1) is 0 Å². The Balaban J connectivity index is 1.95. The molecule has 1 aliphatic heterocycles. The first-order chi connectivity index (χ1) is 10.6. The van der Waals surface area contributed by atoms with Gasteiger partial charge in [0.15, 0.2) is 0 Å². The molecule has 0 bridgehead atoms. The molecule has 0 radical (unpaired) electrons. The van der Waals surface area contributed by atoms with E-state index in [1.54, 1.807) is 4.90 Å². The largest absolute Gasteiger partial charge is 0.391 e. The minimum Gasteiger partial charge on any atom is -0.391 e. The molecule has 1 amide bonds. The lowest BCUT2D eigenvalue weighted by molar-refractivity contribution is -0.117. The molecule has 114 valence electrons. The summed E-state index contributed by atoms with van der Waals surface area (Å²) in [5.41, 5.74) is 4.90. The summed E-state index contributed by atoms with van der Waals surface area (Å²) in [6.45, 7) is 4.30. The predicted molar refractivity (Wildman–Crippen MR) is 86.8 cm³/mol. The molecule has 1 atom stereocenters. The van der Waals surface area contributed by atoms with Crippen LogP contribution in [0.4, 0.5) is 5.69 Å². The van der Waals surface area contributed by atoms with Crippen LogP contribution >= 0.6 is 0 Å². The summed E-state index contributed by atoms with van der Waals surface area (Å²) in [5, 5.41) is 9.86. The number of amides is 1. The lowest BCUT2D eigenvalue weighted by Gasteiger charge is -2.20. The van der Waals surface area contributed by atoms with E-state index in [2.05, 4.69) is 36.2 Å². The number of pyridine rings is 1. The molecule has 1 aliphatic rings. The number of aliphatic hydroxyl groups excluding tert-OH is 1. The van der Waals surface area contributed by atoms with Crippen LogP contribution in [0.1, 0.15) is 24.6 Å². The fraction of sp³-hybridized carbons (Fsp3) is 0.333. The number of rotatable bonds is 4. The first kappa shape index (κ1) is 14.7. The zero-order valence-electron chi connectivity index (χ0n) is 12.9. The van der Waals surface area contributed by atoms with Gasteiger partial charge in [0, 0.05) is 11.8 Å². The van der Waals surface area contributed by atoms with Gasteiger partial charge in [0.05, 0.1) is 30.5 Å². The number of carbonyl (C=O) groups is 1. The van der Waals surface area contributed by atoms with Gasteiger partial charge in [0.1, 0.15) is 0 Å². The number of aromatic nitrogens is 1. The van der Waals surface area contributed by atoms with E-state index in [0.29, 0.717) is 19.4 Å². The van der Waals surface area contributed by atoms with Crippen LogP contribution in [0.15, 0.2) is 36.5 Å². The van der Waals surface area contributed by atoms with Crippen LogP contribution in [0, 0.1) is 6.92 Å². The molecule has 0 aliphatic carbocycles. The number of fused-ring (bicyclic) bond motifs is 1. The number of hydrogen-bond acceptors (Lipinski definition) is 3. The van der Waals surface area contributed by atoms with Crippen molar-refractivity contribution in [3.8, 4) is 11.1 Å². The first-order valence-corrected chi connectivity index (χ1v) is 7.63. The quantitative estimate of drug-likeness (QED) is 0.944. The van der Waals surface area contributed by atoms with Gasteiger partial charge in [0.25, 0.3) is 0 Å². The second-order valence-electron chi connectivity index (χ2n) is 5.80. The number of hydrogen-bond donors (Lipinski definition) is 1. The van der Waals surface area contributed by atoms with Gasteiger partial charge >= 0.3 is 0 Å². The van der Waals surface area contributed by atoms with Crippen molar-refractivity contribution >= 4 is 11.6 Å². The molecule has 0 spiro atoms. The maximum atomic E-state index is 12.1. The first-order valence-electron chi connectivity index (χ1n) is 7.63. The number of β-amino-alcohol motifs (C(OH)–C–C–N with tert-alkyl or cyclic N) is 1. The van der Waals surface area contributed by atoms with Crippen molar-refractivity contribution in [2.45, 2.75) is 32.8 Å². The third-order valence-corrected chi connectivity index (χ3v) is 4.11. The fourth-order valence-corrected chi connectivity index (χ4v) is 2.67. The lowest BCUT2D eigenvalue weighted by atomic mass is 10.1. The molecule has 2 aromatic rings. The summed E-state index contributed by atoms with van der Waals surface area (Å²) < 4.78 is 0. The van der Waals surface area contributed by atoms with Crippen molar-refractivity contribution in [3.63, 3.8) is 0 Å². The summed E-state index contributed by atoms with van der Waals surface area (Å²) >= 11 is 0. The van der Waals surface area contributed by atoms with E-state index in [1.807, 2.05) is 19.2 Å². The molecule has 0 saturated carbocycles. The van der Waals surface area contributed by atoms with E-state index >= 15 is 0 Å². The highest BCUT2D eigenvalue weighted by molar-refractivity contribution is 6.01. The van der Waals surface area contributed by atoms with E-state index in [-0.39, 0.29) is 5.91 Å². The second kappa shape index (κ2) is 5.89. The topological polar surface area (TPSA) is 53.4 Å². The van der Waals surface area contributed by atoms with E-state index in [4.69, 9.17) is 0 Å². The molecule has 4 heteroatoms. The maximum absolute atomic E-state index is 12.1. The molecule has 0 fully saturated rings. The SMILES string of the molecule is CC[C@H](O)CN1C(=O)Cc2ncc(-c3ccc(C)cc3)cc21. The Bertz CT molecular complexity index is 695. The van der Waals surface area contributed by atoms with Crippen LogP contribution in [0.5, 0.6) is 0 Å². The molecule has 22 heavy (non-hydrogen) atoms. The molecule has 3 rings (SSSR count). The highest BCUT2D eigenvalue weighted by Gasteiger charge is 2.29. The standard InChI is InChI=1S/C18H20N2O2/c1-3-15(21)11-20-17-8-14(10-19-16(17)9-18(20)22)13-6-4-12(2)5-7-13/h4-8,10,15,21H,3,9,11H2,1-2H3/t15-/m0/s1. The normalized spacial score (nSPS) is 15.0. The Kier molecular flexibility index (Phi) is 3.94. The molecular formula is C18H20N2O2. The third-order valence-electron chi connectivity index (χ3n) is 4.11. The van der Waals surface area contributed by atoms with Gasteiger partial charge in [-0.1, -0.05) is 36.8 Å². The van der Waals surface area contributed by atoms with Gasteiger partial charge in [-0.05, 0) is 25.0 Å². The lowest BCUT2D eigenvalue weighted by Crippen LogP contribution is -2.34. The number of carbonyl (C=O) groups excluding carboxylic acids is 1. The Hall–Kier alpha value is -2.20. The third kappa shape index (κ3) is 2.74. The van der Waals surface area contributed by atoms with Crippen molar-refractivity contribution in [1.82, 2.24) is 4.98 Å². The minimum atomic E-state index is -0.502. The number of anilines is 1. The second-order valence-corrected chi connectivity index (χ2v) is 5.80. The molecule has 4 nitrogen and oxygen atoms in total. The maximum Gasteiger partial charge on any atom is 0.233 e. The molecule has 0 saturated heterocycles. The van der Waals surface area contributed by atoms with Crippen LogP contribution in [0.3, 0.4) is 0 Å². The van der Waals surface area contributed by atoms with Crippen molar-refractivity contribution in [2.24, 2.45) is 0 Å². The van der Waals surface area contributed by atoms with E-state index < -0.39 is 6.10 Å². The van der Waals surface area contributed by atoms with Gasteiger partial charge in [-0.3, -0.25) is 9.78 Å². The summed E-state index contributed by atoms with van der Waals surface area (Å²) in [6.07, 6.45) is 2.26. The van der Waals surface area contributed by atoms with Crippen LogP contribution in [-0.4, -0.2) is 28.6 Å². The monoisotopic (exact) mass is 296 g/mol. The number of aryl methyl sites for hydroxylation is 1. The van der Waals surface area contributed by atoms with Crippen LogP contribution < -0.4 is 4.90 Å². The fourth-order valence-electron chi connectivity index (χ4n) is 2.67. The zero-order valence-corrected chi connectivity index (χ0v) is 12.9. The number of aliphatic hydroxyl groups is 1. The molecule has 1 aromatic heterocycles. The summed E-state index contributed by atoms with van der Waals surface area (Å²) in [4.78, 5) is 18.3. The van der Waals surface area contributed by atoms with Crippen molar-refractivity contribution in [3.05, 3.63) is 47.8 Å². The van der Waals surface area contributed by atoms with Crippen LogP contribution in [0.2, 0.25) is 0 Å². The Morgan fingerprint density at radius 3 is 2.68 bits per heavy atom. The molecule has 1 N–H and O–H groups in total. The van der Waals surface area contributed by atoms with Gasteiger partial charge in [0.2, 0.25) is 5.91 Å². The van der Waals surface area contributed by atoms with Crippen molar-refractivity contribution in [2.75, 3.05) is 11.4 Å². The summed E-state index contributed by atoms with van der Waals surface area (Å²) in [7, 11) is 0. The Morgan fingerprint density at radius 2 is 2.00 bits per heavy atom. The molecule has 2 heterocycles. The van der Waals surface area contributed by atoms with Crippen molar-refractivity contribution in [1.29, 1.82) is 0 Å². The average Bonchev–Trinajstić information content (AvgIpc) is 2.83. The molecule has 0 unspecified atom stereocenters. The molecular weight excluding hydrogens is 276 g/mol. The average molecular weight is 296 g/mol. The highest BCUT2D eigenvalue weighted by Crippen LogP contribution is 2.32. The van der Waals surface area contributed by atoms with E-state index in [1.165, 1.54) is 5.56 Å². The zero-order chi connectivity index (χ0) is 15.7. The summed E-state index contributed by atoms with van der Waals surface area (Å²) in [5.74, 6) is 0.0102. The Morgan fingerprint density at radius 1 is 1.27 bits per heavy atom. The van der Waals surface area contributed by atoms with E-state index in [9.17, 15) is 9.90 Å². The van der Waals surface area contributed by atoms with Gasteiger partial charge in [-0.2, -0.15) is 0 Å². The van der Waals surface area contributed by atoms with E-state index in [0.717, 1.165) is 22.5 Å². The smallest absolute Gasteiger partial charge is 0.233 e. The molecule has 1 aromatic carbocycles. The summed E-state index contributed by atoms with van der Waals surface area (Å²) in [6, 6.07) is 10.2.